The highest BCUT2D eigenvalue weighted by Gasteiger charge is 2.43. The minimum atomic E-state index is -0.759. The van der Waals surface area contributed by atoms with E-state index >= 15 is 0 Å². The number of fused-ring (bicyclic) bond motifs is 20. The number of hydrogen-bond acceptors (Lipinski definition) is 26. The molecular formula is C106H120F8N16O20. The average Bonchev–Trinajstić information content (AvgIpc) is 1.14. The smallest absolute Gasteiger partial charge is 0.274 e. The highest BCUT2D eigenvalue weighted by Crippen LogP contribution is 2.46. The van der Waals surface area contributed by atoms with Gasteiger partial charge in [-0.05, 0) is 309 Å². The maximum Gasteiger partial charge on any atom is 0.274 e. The Morgan fingerprint density at radius 3 is 0.720 bits per heavy atom. The molecule has 0 aromatic heterocycles. The van der Waals surface area contributed by atoms with Crippen LogP contribution in [0.1, 0.15) is 286 Å². The van der Waals surface area contributed by atoms with Crippen LogP contribution in [-0.2, 0) is 96.6 Å². The number of halogens is 8. The predicted molar refractivity (Wildman–Crippen MR) is 515 cm³/mol. The molecule has 0 radical (unpaired) electrons. The van der Waals surface area contributed by atoms with Crippen LogP contribution in [-0.4, -0.2) is 256 Å². The Bertz CT molecular complexity index is 6130. The first-order valence-corrected chi connectivity index (χ1v) is 50.7. The number of hydroxylamine groups is 8. The summed E-state index contributed by atoms with van der Waals surface area (Å²) in [7, 11) is 0. The largest absolute Gasteiger partial charge is 0.369 e. The van der Waals surface area contributed by atoms with E-state index in [0.29, 0.717) is 84.6 Å². The van der Waals surface area contributed by atoms with Crippen molar-refractivity contribution < 1.29 is 134 Å². The number of ether oxygens (including phenoxy) is 2. The van der Waals surface area contributed by atoms with Crippen molar-refractivity contribution in [1.82, 2.24) is 83.0 Å². The zero-order valence-electron chi connectivity index (χ0n) is 82.2. The number of nitrogens with one attached hydrogen (secondary N) is 8. The summed E-state index contributed by atoms with van der Waals surface area (Å²) in [6.45, 7) is 12.4. The summed E-state index contributed by atoms with van der Waals surface area (Å²) in [5.41, 5.74) is 25.4. The van der Waals surface area contributed by atoms with Gasteiger partial charge in [-0.1, -0.05) is 12.8 Å². The number of nitrogens with zero attached hydrogens (tertiary/aromatic N) is 8. The van der Waals surface area contributed by atoms with E-state index in [4.69, 9.17) is 51.1 Å². The average molecular weight is 2090 g/mol. The summed E-state index contributed by atoms with van der Waals surface area (Å²) < 4.78 is 124. The molecule has 8 fully saturated rings. The number of hydrogen-bond donors (Lipinski definition) is 16. The molecule has 150 heavy (non-hydrogen) atoms. The van der Waals surface area contributed by atoms with Gasteiger partial charge in [-0.25, -0.2) is 79.0 Å². The number of amides is 10. The van der Waals surface area contributed by atoms with E-state index in [-0.39, 0.29) is 154 Å². The molecule has 0 bridgehead atoms. The first-order valence-electron chi connectivity index (χ1n) is 50.7. The van der Waals surface area contributed by atoms with Crippen LogP contribution in [0.5, 0.6) is 0 Å². The van der Waals surface area contributed by atoms with Crippen LogP contribution in [0.3, 0.4) is 0 Å². The molecule has 16 aliphatic rings. The van der Waals surface area contributed by atoms with Crippen LogP contribution in [0.2, 0.25) is 0 Å². The standard InChI is InChI=1S/2C14H17FN2O2.2C13H13FN2O4.4C13H15FN2O2/c2*15-11-8-10(14(18)16-19)7-9-4-6-17-5-2-1-3-12(17)13(9)11;2*14-11-3-8(13(18)15-19)1-7-2-9-5-20-6-12(17)16(9)4-10(7)11;2*14-10-7-9(13(17)15-18)6-8-3-5-16-4-1-2-11(16)12(8)10;2*14-12-6-9(13(17)15-18)4-8-5-10-2-1-3-16(10)7-11(8)12/h2*7-8,12,19H,1-6H2,(H,16,18);2*1,3,9,19H,2,4-6H2,(H,15,18);2*6-7,11,18H,1-5H2,(H,15,17);2*4,6,10,18H,1-3,5,7H2,(H,15,17)/t2*12-;2*9-;2*11-;2*10-/m10101010/s1. The van der Waals surface area contributed by atoms with Crippen molar-refractivity contribution in [3.05, 3.63) is 277 Å². The first kappa shape index (κ1) is 108. The van der Waals surface area contributed by atoms with Gasteiger partial charge in [-0.15, -0.1) is 0 Å². The highest BCUT2D eigenvalue weighted by atomic mass is 19.2. The normalized spacial score (nSPS) is 22.1. The monoisotopic (exact) mass is 2090 g/mol. The summed E-state index contributed by atoms with van der Waals surface area (Å²) >= 11 is 0. The molecular weight excluding hydrogens is 1970 g/mol. The third-order valence-electron chi connectivity index (χ3n) is 31.7. The highest BCUT2D eigenvalue weighted by molar-refractivity contribution is 5.98. The Morgan fingerprint density at radius 2 is 0.460 bits per heavy atom. The Labute approximate surface area is 857 Å². The number of piperidine rings is 2. The molecule has 0 saturated carbocycles. The second-order valence-electron chi connectivity index (χ2n) is 40.2. The minimum absolute atomic E-state index is 0.0262. The molecule has 16 aliphatic heterocycles. The fraction of sp³-hybridized carbons (Fsp3) is 0.453. The third kappa shape index (κ3) is 23.6. The second kappa shape index (κ2) is 48.3. The fourth-order valence-electron chi connectivity index (χ4n) is 24.4. The summed E-state index contributed by atoms with van der Waals surface area (Å²) in [5, 5.41) is 68.9. The van der Waals surface area contributed by atoms with E-state index in [1.54, 1.807) is 91.2 Å². The van der Waals surface area contributed by atoms with E-state index in [1.807, 2.05) is 0 Å². The van der Waals surface area contributed by atoms with E-state index in [0.717, 1.165) is 249 Å². The van der Waals surface area contributed by atoms with Gasteiger partial charge < -0.3 is 19.3 Å². The lowest BCUT2D eigenvalue weighted by Crippen LogP contribution is -2.52. The molecule has 8 aromatic carbocycles. The van der Waals surface area contributed by atoms with Gasteiger partial charge in [-0.2, -0.15) is 0 Å². The number of carbonyl (C=O) groups is 10. The molecule has 10 amide bonds. The van der Waals surface area contributed by atoms with Crippen LogP contribution in [0.15, 0.2) is 97.1 Å². The number of benzene rings is 8. The van der Waals surface area contributed by atoms with Crippen molar-refractivity contribution in [2.75, 3.05) is 91.9 Å². The van der Waals surface area contributed by atoms with E-state index in [1.165, 1.54) is 60.2 Å². The van der Waals surface area contributed by atoms with Crippen molar-refractivity contribution in [3.63, 3.8) is 0 Å². The third-order valence-corrected chi connectivity index (χ3v) is 31.7. The van der Waals surface area contributed by atoms with E-state index in [2.05, 4.69) is 29.4 Å². The zero-order chi connectivity index (χ0) is 106. The van der Waals surface area contributed by atoms with Gasteiger partial charge in [-0.3, -0.25) is 119 Å². The first-order chi connectivity index (χ1) is 72.4. The predicted octanol–water partition coefficient (Wildman–Crippen LogP) is 10.7. The van der Waals surface area contributed by atoms with Gasteiger partial charge in [0.1, 0.15) is 59.8 Å². The van der Waals surface area contributed by atoms with E-state index in [9.17, 15) is 83.1 Å². The number of rotatable bonds is 8. The van der Waals surface area contributed by atoms with Crippen molar-refractivity contribution in [1.29, 1.82) is 0 Å². The molecule has 0 unspecified atom stereocenters. The quantitative estimate of drug-likeness (QED) is 0.0382. The fourth-order valence-corrected chi connectivity index (χ4v) is 24.4. The van der Waals surface area contributed by atoms with Gasteiger partial charge in [0.05, 0.1) is 25.3 Å². The molecule has 24 rings (SSSR count). The van der Waals surface area contributed by atoms with Crippen molar-refractivity contribution in [2.24, 2.45) is 0 Å². The van der Waals surface area contributed by atoms with Crippen molar-refractivity contribution >= 4 is 59.1 Å². The SMILES string of the molecule is O=C(NO)c1cc(F)c2c(c1)CCN1CCCC[C@@H]21.O=C(NO)c1cc(F)c2c(c1)CCN1CCCC[C@H]21.O=C(NO)c1cc(F)c2c(c1)CCN1CCC[C@@H]21.O=C(NO)c1cc(F)c2c(c1)CCN1CCC[C@H]21.O=C(NO)c1cc(F)c2c(c1)C[C@@H]1CCCN1C2.O=C(NO)c1cc(F)c2c(c1)C[C@@H]1COCC(=O)N1C2.O=C(NO)c1cc(F)c2c(c1)C[C@H]1CCCN1C2.O=C(NO)c1cc(F)c2c(c1)C[C@H]1COCC(=O)N1C2. The van der Waals surface area contributed by atoms with Crippen LogP contribution >= 0.6 is 0 Å². The summed E-state index contributed by atoms with van der Waals surface area (Å²) in [5.74, 6) is -8.88. The molecule has 16 N–H and O–H groups in total. The van der Waals surface area contributed by atoms with E-state index < -0.39 is 58.9 Å². The Morgan fingerprint density at radius 1 is 0.247 bits per heavy atom. The Hall–Kier alpha value is -12.7. The summed E-state index contributed by atoms with van der Waals surface area (Å²) in [6.07, 6.45) is 20.8. The maximum atomic E-state index is 14.3. The van der Waals surface area contributed by atoms with Crippen molar-refractivity contribution in [2.45, 2.75) is 216 Å². The second-order valence-corrected chi connectivity index (χ2v) is 40.2. The lowest BCUT2D eigenvalue weighted by atomic mass is 9.85. The molecule has 44 heteroatoms. The van der Waals surface area contributed by atoms with Gasteiger partial charge in [0.2, 0.25) is 11.8 Å². The molecule has 16 heterocycles. The molecule has 0 spiro atoms. The van der Waals surface area contributed by atoms with Crippen LogP contribution < -0.4 is 43.8 Å². The number of carbonyl (C=O) groups excluding carboxylic acids is 10. The molecule has 800 valence electrons. The maximum absolute atomic E-state index is 14.3. The molecule has 8 aromatic rings. The van der Waals surface area contributed by atoms with Crippen LogP contribution in [0.4, 0.5) is 35.1 Å². The Kier molecular flexibility index (Phi) is 34.9. The van der Waals surface area contributed by atoms with Crippen LogP contribution in [0.25, 0.3) is 0 Å². The Balaban J connectivity index is 0.000000117. The zero-order valence-corrected chi connectivity index (χ0v) is 82.2. The molecule has 8 atom stereocenters. The topological polar surface area (TPSA) is 473 Å². The van der Waals surface area contributed by atoms with Crippen molar-refractivity contribution in [3.8, 4) is 0 Å². The van der Waals surface area contributed by atoms with Gasteiger partial charge in [0.25, 0.3) is 47.3 Å². The lowest BCUT2D eigenvalue weighted by molar-refractivity contribution is -0.150. The molecule has 8 saturated heterocycles. The van der Waals surface area contributed by atoms with Gasteiger partial charge in [0.15, 0.2) is 0 Å². The summed E-state index contributed by atoms with van der Waals surface area (Å²) in [4.78, 5) is 132. The summed E-state index contributed by atoms with van der Waals surface area (Å²) in [6, 6.07) is 24.0. The minimum Gasteiger partial charge on any atom is -0.369 e. The lowest BCUT2D eigenvalue weighted by Gasteiger charge is -2.40. The van der Waals surface area contributed by atoms with Gasteiger partial charge >= 0.3 is 0 Å². The molecule has 0 aliphatic carbocycles. The number of morpholine rings is 2. The van der Waals surface area contributed by atoms with Gasteiger partial charge in [0, 0.05) is 178 Å². The van der Waals surface area contributed by atoms with Crippen LogP contribution in [0, 0.1) is 46.5 Å². The molecule has 36 nitrogen and oxygen atoms in total.